The van der Waals surface area contributed by atoms with Crippen LogP contribution < -0.4 is 0 Å². The SMILES string of the molecule is CC=Nc1[nH]ccc1C. The first-order chi connectivity index (χ1) is 4.34. The molecule has 0 aliphatic heterocycles. The number of aromatic amines is 1. The van der Waals surface area contributed by atoms with Crippen molar-refractivity contribution in [3.05, 3.63) is 17.8 Å². The van der Waals surface area contributed by atoms with Gasteiger partial charge in [0.2, 0.25) is 0 Å². The Morgan fingerprint density at radius 1 is 1.67 bits per heavy atom. The molecule has 9 heavy (non-hydrogen) atoms. The smallest absolute Gasteiger partial charge is 0.132 e. The Bertz CT molecular complexity index is 210. The van der Waals surface area contributed by atoms with Gasteiger partial charge in [-0.3, -0.25) is 0 Å². The van der Waals surface area contributed by atoms with Crippen molar-refractivity contribution in [1.82, 2.24) is 4.98 Å². The number of aliphatic imine (C=N–C) groups is 1. The average molecular weight is 122 g/mol. The molecule has 0 saturated carbocycles. The van der Waals surface area contributed by atoms with Gasteiger partial charge in [0.25, 0.3) is 0 Å². The molecule has 0 fully saturated rings. The van der Waals surface area contributed by atoms with Gasteiger partial charge in [-0.15, -0.1) is 0 Å². The van der Waals surface area contributed by atoms with E-state index in [0.717, 1.165) is 5.82 Å². The molecule has 2 nitrogen and oxygen atoms in total. The molecule has 0 bridgehead atoms. The van der Waals surface area contributed by atoms with Crippen LogP contribution in [0, 0.1) is 6.92 Å². The lowest BCUT2D eigenvalue weighted by Crippen LogP contribution is -1.66. The third-order valence-electron chi connectivity index (χ3n) is 1.19. The molecule has 1 heterocycles. The number of H-pyrrole nitrogens is 1. The van der Waals surface area contributed by atoms with Gasteiger partial charge in [-0.2, -0.15) is 0 Å². The molecule has 0 aliphatic rings. The lowest BCUT2D eigenvalue weighted by molar-refractivity contribution is 1.31. The molecule has 1 aromatic rings. The van der Waals surface area contributed by atoms with Crippen LogP contribution in [-0.2, 0) is 0 Å². The van der Waals surface area contributed by atoms with Crippen molar-refractivity contribution in [1.29, 1.82) is 0 Å². The van der Waals surface area contributed by atoms with Crippen LogP contribution >= 0.6 is 0 Å². The molecule has 1 rings (SSSR count). The fourth-order valence-electron chi connectivity index (χ4n) is 0.707. The third kappa shape index (κ3) is 1.19. The van der Waals surface area contributed by atoms with Gasteiger partial charge in [0, 0.05) is 12.4 Å². The first-order valence-corrected chi connectivity index (χ1v) is 2.97. The maximum absolute atomic E-state index is 4.09. The minimum Gasteiger partial charge on any atom is -0.346 e. The molecule has 0 atom stereocenters. The summed E-state index contributed by atoms with van der Waals surface area (Å²) < 4.78 is 0. The fraction of sp³-hybridized carbons (Fsp3) is 0.286. The van der Waals surface area contributed by atoms with E-state index >= 15 is 0 Å². The van der Waals surface area contributed by atoms with Crippen molar-refractivity contribution in [3.8, 4) is 0 Å². The third-order valence-corrected chi connectivity index (χ3v) is 1.19. The highest BCUT2D eigenvalue weighted by molar-refractivity contribution is 5.60. The number of nitrogens with one attached hydrogen (secondary N) is 1. The fourth-order valence-corrected chi connectivity index (χ4v) is 0.707. The number of aromatic nitrogens is 1. The first-order valence-electron chi connectivity index (χ1n) is 2.97. The Labute approximate surface area is 54.6 Å². The number of hydrogen-bond acceptors (Lipinski definition) is 1. The van der Waals surface area contributed by atoms with Crippen LogP contribution in [0.5, 0.6) is 0 Å². The second-order valence-corrected chi connectivity index (χ2v) is 1.90. The van der Waals surface area contributed by atoms with Gasteiger partial charge >= 0.3 is 0 Å². The van der Waals surface area contributed by atoms with Crippen molar-refractivity contribution in [2.24, 2.45) is 4.99 Å². The largest absolute Gasteiger partial charge is 0.346 e. The lowest BCUT2D eigenvalue weighted by atomic mass is 10.4. The zero-order chi connectivity index (χ0) is 6.69. The summed E-state index contributed by atoms with van der Waals surface area (Å²) in [4.78, 5) is 7.09. The van der Waals surface area contributed by atoms with Gasteiger partial charge in [0.15, 0.2) is 0 Å². The molecule has 0 saturated heterocycles. The molecule has 1 aromatic heterocycles. The van der Waals surface area contributed by atoms with Gasteiger partial charge in [-0.1, -0.05) is 0 Å². The summed E-state index contributed by atoms with van der Waals surface area (Å²) in [5, 5.41) is 0. The highest BCUT2D eigenvalue weighted by Gasteiger charge is 1.91. The molecule has 0 unspecified atom stereocenters. The van der Waals surface area contributed by atoms with Gasteiger partial charge in [0.05, 0.1) is 0 Å². The van der Waals surface area contributed by atoms with Crippen LogP contribution in [0.2, 0.25) is 0 Å². The molecule has 0 radical (unpaired) electrons. The molecular weight excluding hydrogens is 112 g/mol. The summed E-state index contributed by atoms with van der Waals surface area (Å²) in [6, 6.07) is 2.00. The molecule has 0 aromatic carbocycles. The number of aryl methyl sites for hydroxylation is 1. The number of rotatable bonds is 1. The summed E-state index contributed by atoms with van der Waals surface area (Å²) in [5.74, 6) is 0.956. The van der Waals surface area contributed by atoms with E-state index in [1.807, 2.05) is 26.1 Å². The quantitative estimate of drug-likeness (QED) is 0.552. The van der Waals surface area contributed by atoms with Crippen LogP contribution in [0.4, 0.5) is 5.82 Å². The summed E-state index contributed by atoms with van der Waals surface area (Å²) in [6.45, 7) is 3.93. The highest BCUT2D eigenvalue weighted by Crippen LogP contribution is 2.12. The molecule has 0 amide bonds. The average Bonchev–Trinajstić information content (AvgIpc) is 2.18. The van der Waals surface area contributed by atoms with Crippen molar-refractivity contribution in [3.63, 3.8) is 0 Å². The molecular formula is C7H10N2. The van der Waals surface area contributed by atoms with Crippen LogP contribution in [0.1, 0.15) is 12.5 Å². The predicted molar refractivity (Wildman–Crippen MR) is 39.4 cm³/mol. The van der Waals surface area contributed by atoms with E-state index in [2.05, 4.69) is 9.98 Å². The number of nitrogens with zero attached hydrogens (tertiary/aromatic N) is 1. The van der Waals surface area contributed by atoms with E-state index in [1.165, 1.54) is 5.56 Å². The molecule has 0 aliphatic carbocycles. The minimum absolute atomic E-state index is 0.956. The van der Waals surface area contributed by atoms with Gasteiger partial charge in [0.1, 0.15) is 5.82 Å². The van der Waals surface area contributed by atoms with Crippen molar-refractivity contribution >= 4 is 12.0 Å². The zero-order valence-corrected chi connectivity index (χ0v) is 5.68. The number of hydrogen-bond donors (Lipinski definition) is 1. The topological polar surface area (TPSA) is 28.1 Å². The second-order valence-electron chi connectivity index (χ2n) is 1.90. The normalized spacial score (nSPS) is 10.9. The predicted octanol–water partition coefficient (Wildman–Crippen LogP) is 2.05. The zero-order valence-electron chi connectivity index (χ0n) is 5.68. The van der Waals surface area contributed by atoms with E-state index in [1.54, 1.807) is 6.21 Å². The molecule has 0 spiro atoms. The summed E-state index contributed by atoms with van der Waals surface area (Å²) in [5.41, 5.74) is 1.19. The standard InChI is InChI=1S/C7H10N2/c1-3-8-7-6(2)4-5-9-7/h3-5,9H,1-2H3. The van der Waals surface area contributed by atoms with Crippen LogP contribution in [0.15, 0.2) is 17.3 Å². The van der Waals surface area contributed by atoms with Gasteiger partial charge in [-0.05, 0) is 25.5 Å². The first kappa shape index (κ1) is 6.08. The summed E-state index contributed by atoms with van der Waals surface area (Å²) in [7, 11) is 0. The van der Waals surface area contributed by atoms with Crippen molar-refractivity contribution < 1.29 is 0 Å². The van der Waals surface area contributed by atoms with E-state index in [4.69, 9.17) is 0 Å². The van der Waals surface area contributed by atoms with E-state index in [9.17, 15) is 0 Å². The van der Waals surface area contributed by atoms with Crippen LogP contribution in [-0.4, -0.2) is 11.2 Å². The van der Waals surface area contributed by atoms with Crippen molar-refractivity contribution in [2.45, 2.75) is 13.8 Å². The van der Waals surface area contributed by atoms with Crippen molar-refractivity contribution in [2.75, 3.05) is 0 Å². The maximum Gasteiger partial charge on any atom is 0.132 e. The minimum atomic E-state index is 0.956. The van der Waals surface area contributed by atoms with Gasteiger partial charge < -0.3 is 4.98 Å². The molecule has 2 heteroatoms. The highest BCUT2D eigenvalue weighted by atomic mass is 14.9. The molecule has 48 valence electrons. The van der Waals surface area contributed by atoms with Gasteiger partial charge in [-0.25, -0.2) is 4.99 Å². The van der Waals surface area contributed by atoms with E-state index in [-0.39, 0.29) is 0 Å². The van der Waals surface area contributed by atoms with Crippen LogP contribution in [0.3, 0.4) is 0 Å². The Kier molecular flexibility index (Phi) is 1.68. The Balaban J connectivity index is 2.94. The second kappa shape index (κ2) is 2.49. The Hall–Kier alpha value is -1.05. The summed E-state index contributed by atoms with van der Waals surface area (Å²) in [6.07, 6.45) is 3.66. The van der Waals surface area contributed by atoms with E-state index in [0.29, 0.717) is 0 Å². The van der Waals surface area contributed by atoms with Crippen LogP contribution in [0.25, 0.3) is 0 Å². The Morgan fingerprint density at radius 2 is 2.44 bits per heavy atom. The van der Waals surface area contributed by atoms with E-state index < -0.39 is 0 Å². The lowest BCUT2D eigenvalue weighted by Gasteiger charge is -1.85. The molecule has 1 N–H and O–H groups in total. The Morgan fingerprint density at radius 3 is 2.89 bits per heavy atom. The summed E-state index contributed by atoms with van der Waals surface area (Å²) >= 11 is 0. The maximum atomic E-state index is 4.09. The monoisotopic (exact) mass is 122 g/mol.